The van der Waals surface area contributed by atoms with Gasteiger partial charge in [-0.2, -0.15) is 0 Å². The van der Waals surface area contributed by atoms with Crippen molar-refractivity contribution in [1.29, 1.82) is 0 Å². The molecule has 1 aromatic heterocycles. The van der Waals surface area contributed by atoms with E-state index in [1.54, 1.807) is 0 Å². The van der Waals surface area contributed by atoms with Crippen LogP contribution < -0.4 is 4.90 Å². The van der Waals surface area contributed by atoms with Crippen molar-refractivity contribution in [2.24, 2.45) is 0 Å². The number of anilines is 1. The average Bonchev–Trinajstić information content (AvgIpc) is 2.38. The smallest absolute Gasteiger partial charge is 0.137 e. The van der Waals surface area contributed by atoms with E-state index in [9.17, 15) is 0 Å². The maximum Gasteiger partial charge on any atom is 0.137 e. The number of nitrogens with zero attached hydrogens (tertiary/aromatic N) is 3. The molecule has 0 spiro atoms. The molecule has 0 saturated carbocycles. The summed E-state index contributed by atoms with van der Waals surface area (Å²) in [6, 6.07) is 8.24. The molecule has 1 aromatic carbocycles. The normalized spacial score (nSPS) is 10.5. The van der Waals surface area contributed by atoms with E-state index in [-0.39, 0.29) is 0 Å². The quantitative estimate of drug-likeness (QED) is 0.785. The number of hydrogen-bond acceptors (Lipinski definition) is 3. The van der Waals surface area contributed by atoms with Crippen LogP contribution >= 0.6 is 27.5 Å². The molecule has 2 rings (SSSR count). The number of benzene rings is 1. The summed E-state index contributed by atoms with van der Waals surface area (Å²) < 4.78 is 1.08. The molecule has 0 atom stereocenters. The highest BCUT2D eigenvalue weighted by Crippen LogP contribution is 2.24. The van der Waals surface area contributed by atoms with Gasteiger partial charge >= 0.3 is 0 Å². The maximum atomic E-state index is 6.12. The lowest BCUT2D eigenvalue weighted by Crippen LogP contribution is -2.19. The van der Waals surface area contributed by atoms with Crippen LogP contribution in [0.5, 0.6) is 0 Å². The van der Waals surface area contributed by atoms with Crippen molar-refractivity contribution in [2.45, 2.75) is 19.9 Å². The van der Waals surface area contributed by atoms with E-state index in [1.807, 2.05) is 19.2 Å². The van der Waals surface area contributed by atoms with Gasteiger partial charge in [0.1, 0.15) is 17.3 Å². The van der Waals surface area contributed by atoms with Gasteiger partial charge in [-0.25, -0.2) is 9.97 Å². The van der Waals surface area contributed by atoms with E-state index >= 15 is 0 Å². The predicted octanol–water partition coefficient (Wildman–Crippen LogP) is 4.09. The fourth-order valence-electron chi connectivity index (χ4n) is 2.00. The van der Waals surface area contributed by atoms with Crippen molar-refractivity contribution in [3.63, 3.8) is 0 Å². The van der Waals surface area contributed by atoms with Crippen LogP contribution in [-0.4, -0.2) is 17.0 Å². The Morgan fingerprint density at radius 1 is 1.32 bits per heavy atom. The van der Waals surface area contributed by atoms with Gasteiger partial charge in [0.05, 0.1) is 0 Å². The second-order valence-electron chi connectivity index (χ2n) is 4.31. The number of halogens is 2. The maximum absolute atomic E-state index is 6.12. The fourth-order valence-corrected chi connectivity index (χ4v) is 2.71. The lowest BCUT2D eigenvalue weighted by Gasteiger charge is -2.21. The van der Waals surface area contributed by atoms with Crippen LogP contribution in [0, 0.1) is 0 Å². The standard InChI is InChI=1S/C14H15BrClN3/c1-3-12-13(16)17-9-18-14(12)19(2)8-10-5-4-6-11(15)7-10/h4-7,9H,3,8H2,1-2H3. The Bertz CT molecular complexity index is 574. The molecule has 0 fully saturated rings. The summed E-state index contributed by atoms with van der Waals surface area (Å²) in [6.07, 6.45) is 2.33. The van der Waals surface area contributed by atoms with Crippen LogP contribution in [0.2, 0.25) is 5.15 Å². The summed E-state index contributed by atoms with van der Waals surface area (Å²) in [6.45, 7) is 2.83. The fraction of sp³-hybridized carbons (Fsp3) is 0.286. The van der Waals surface area contributed by atoms with Crippen molar-refractivity contribution < 1.29 is 0 Å². The van der Waals surface area contributed by atoms with E-state index in [4.69, 9.17) is 11.6 Å². The van der Waals surface area contributed by atoms with Gasteiger partial charge in [-0.05, 0) is 24.1 Å². The SMILES string of the molecule is CCc1c(Cl)ncnc1N(C)Cc1cccc(Br)c1. The third-order valence-corrected chi connectivity index (χ3v) is 3.71. The summed E-state index contributed by atoms with van der Waals surface area (Å²) in [4.78, 5) is 10.5. The van der Waals surface area contributed by atoms with Gasteiger partial charge in [0, 0.05) is 23.6 Å². The molecule has 5 heteroatoms. The van der Waals surface area contributed by atoms with Crippen molar-refractivity contribution >= 4 is 33.3 Å². The summed E-state index contributed by atoms with van der Waals surface area (Å²) >= 11 is 9.60. The van der Waals surface area contributed by atoms with E-state index < -0.39 is 0 Å². The van der Waals surface area contributed by atoms with Gasteiger partial charge in [0.25, 0.3) is 0 Å². The van der Waals surface area contributed by atoms with Crippen LogP contribution in [0.25, 0.3) is 0 Å². The predicted molar refractivity (Wildman–Crippen MR) is 82.7 cm³/mol. The molecule has 1 heterocycles. The zero-order valence-electron chi connectivity index (χ0n) is 10.9. The first-order chi connectivity index (χ1) is 9.11. The molecule has 19 heavy (non-hydrogen) atoms. The van der Waals surface area contributed by atoms with E-state index in [0.717, 1.165) is 28.8 Å². The second kappa shape index (κ2) is 6.35. The van der Waals surface area contributed by atoms with Gasteiger partial charge in [-0.15, -0.1) is 0 Å². The van der Waals surface area contributed by atoms with Crippen molar-refractivity contribution in [1.82, 2.24) is 9.97 Å². The number of rotatable bonds is 4. The van der Waals surface area contributed by atoms with Crippen molar-refractivity contribution in [3.05, 3.63) is 51.3 Å². The highest BCUT2D eigenvalue weighted by Gasteiger charge is 2.12. The van der Waals surface area contributed by atoms with Gasteiger partial charge < -0.3 is 4.90 Å². The average molecular weight is 341 g/mol. The van der Waals surface area contributed by atoms with Crippen LogP contribution in [-0.2, 0) is 13.0 Å². The molecule has 0 amide bonds. The molecule has 0 aliphatic heterocycles. The third-order valence-electron chi connectivity index (χ3n) is 2.89. The van der Waals surface area contributed by atoms with Crippen LogP contribution in [0.1, 0.15) is 18.1 Å². The van der Waals surface area contributed by atoms with Gasteiger partial charge in [0.15, 0.2) is 0 Å². The Hall–Kier alpha value is -1.13. The van der Waals surface area contributed by atoms with Crippen LogP contribution in [0.4, 0.5) is 5.82 Å². The lowest BCUT2D eigenvalue weighted by atomic mass is 10.2. The molecule has 0 aliphatic carbocycles. The van der Waals surface area contributed by atoms with Gasteiger partial charge in [-0.1, -0.05) is 46.6 Å². The first kappa shape index (κ1) is 14.3. The molecular formula is C14H15BrClN3. The van der Waals surface area contributed by atoms with Crippen molar-refractivity contribution in [3.8, 4) is 0 Å². The minimum Gasteiger partial charge on any atom is -0.355 e. The molecular weight excluding hydrogens is 326 g/mol. The van der Waals surface area contributed by atoms with Gasteiger partial charge in [0.2, 0.25) is 0 Å². The minimum absolute atomic E-state index is 0.536. The Labute approximate surface area is 126 Å². The first-order valence-electron chi connectivity index (χ1n) is 6.06. The Morgan fingerprint density at radius 2 is 2.11 bits per heavy atom. The largest absolute Gasteiger partial charge is 0.355 e. The second-order valence-corrected chi connectivity index (χ2v) is 5.58. The highest BCUT2D eigenvalue weighted by atomic mass is 79.9. The molecule has 0 aliphatic rings. The molecule has 0 radical (unpaired) electrons. The minimum atomic E-state index is 0.536. The molecule has 100 valence electrons. The summed E-state index contributed by atoms with van der Waals surface area (Å²) in [5.41, 5.74) is 2.20. The van der Waals surface area contributed by atoms with Crippen molar-refractivity contribution in [2.75, 3.05) is 11.9 Å². The monoisotopic (exact) mass is 339 g/mol. The molecule has 0 N–H and O–H groups in total. The zero-order chi connectivity index (χ0) is 13.8. The van der Waals surface area contributed by atoms with Crippen LogP contribution in [0.3, 0.4) is 0 Å². The topological polar surface area (TPSA) is 29.0 Å². The van der Waals surface area contributed by atoms with E-state index in [0.29, 0.717) is 5.15 Å². The molecule has 0 unspecified atom stereocenters. The summed E-state index contributed by atoms with van der Waals surface area (Å²) in [5, 5.41) is 0.536. The lowest BCUT2D eigenvalue weighted by molar-refractivity contribution is 0.870. The Morgan fingerprint density at radius 3 is 2.79 bits per heavy atom. The highest BCUT2D eigenvalue weighted by molar-refractivity contribution is 9.10. The molecule has 0 saturated heterocycles. The van der Waals surface area contributed by atoms with Gasteiger partial charge in [-0.3, -0.25) is 0 Å². The zero-order valence-corrected chi connectivity index (χ0v) is 13.2. The van der Waals surface area contributed by atoms with Crippen LogP contribution in [0.15, 0.2) is 35.1 Å². The molecule has 0 bridgehead atoms. The third kappa shape index (κ3) is 3.45. The first-order valence-corrected chi connectivity index (χ1v) is 7.24. The molecule has 3 nitrogen and oxygen atoms in total. The summed E-state index contributed by atoms with van der Waals surface area (Å²) in [5.74, 6) is 0.891. The van der Waals surface area contributed by atoms with E-state index in [2.05, 4.69) is 49.9 Å². The Kier molecular flexibility index (Phi) is 4.77. The number of hydrogen-bond donors (Lipinski definition) is 0. The number of aromatic nitrogens is 2. The molecule has 2 aromatic rings. The van der Waals surface area contributed by atoms with E-state index in [1.165, 1.54) is 11.9 Å². The Balaban J connectivity index is 2.25. The summed E-state index contributed by atoms with van der Waals surface area (Å²) in [7, 11) is 2.01.